The average Bonchev–Trinajstić information content (AvgIpc) is 2.56. The van der Waals surface area contributed by atoms with E-state index in [4.69, 9.17) is 11.5 Å². The van der Waals surface area contributed by atoms with Crippen LogP contribution in [-0.2, 0) is 19.2 Å². The number of benzene rings is 2. The van der Waals surface area contributed by atoms with E-state index in [9.17, 15) is 19.2 Å². The summed E-state index contributed by atoms with van der Waals surface area (Å²) in [6.07, 6.45) is 0. The number of carbonyl (C=O) groups is 4. The number of carbonyl (C=O) groups excluding carboxylic acids is 4. The monoisotopic (exact) mass is 354 g/mol. The fourth-order valence-corrected chi connectivity index (χ4v) is 2.36. The van der Waals surface area contributed by atoms with E-state index < -0.39 is 23.6 Å². The summed E-state index contributed by atoms with van der Waals surface area (Å²) in [5, 5.41) is 0. The number of nitrogens with zero attached hydrogens (tertiary/aromatic N) is 2. The molecule has 0 atom stereocenters. The van der Waals surface area contributed by atoms with Gasteiger partial charge >= 0.3 is 11.8 Å². The van der Waals surface area contributed by atoms with Crippen LogP contribution in [0.4, 0.5) is 22.7 Å². The second-order valence-electron chi connectivity index (χ2n) is 5.51. The van der Waals surface area contributed by atoms with Crippen LogP contribution >= 0.6 is 0 Å². The number of hydrogen-bond donors (Lipinski definition) is 2. The topological polar surface area (TPSA) is 127 Å². The second-order valence-corrected chi connectivity index (χ2v) is 5.51. The number of hydrogen-bond acceptors (Lipinski definition) is 6. The molecule has 2 aromatic rings. The highest BCUT2D eigenvalue weighted by Gasteiger charge is 2.33. The summed E-state index contributed by atoms with van der Waals surface area (Å²) in [6.45, 7) is 2.27. The largest absolute Gasteiger partial charge is 0.399 e. The third kappa shape index (κ3) is 3.86. The molecule has 8 heteroatoms. The van der Waals surface area contributed by atoms with Crippen molar-refractivity contribution < 1.29 is 19.2 Å². The molecule has 134 valence electrons. The molecular formula is C18H18N4O4. The maximum Gasteiger partial charge on any atom is 0.324 e. The summed E-state index contributed by atoms with van der Waals surface area (Å²) in [4.78, 5) is 50.6. The van der Waals surface area contributed by atoms with Crippen LogP contribution in [0.25, 0.3) is 0 Å². The van der Waals surface area contributed by atoms with Gasteiger partial charge in [0.1, 0.15) is 0 Å². The Balaban J connectivity index is 2.43. The predicted molar refractivity (Wildman–Crippen MR) is 98.0 cm³/mol. The van der Waals surface area contributed by atoms with E-state index in [0.717, 1.165) is 13.8 Å². The van der Waals surface area contributed by atoms with Crippen molar-refractivity contribution >= 4 is 46.4 Å². The molecule has 0 fully saturated rings. The van der Waals surface area contributed by atoms with E-state index in [-0.39, 0.29) is 11.4 Å². The van der Waals surface area contributed by atoms with Gasteiger partial charge in [0.25, 0.3) is 0 Å². The summed E-state index contributed by atoms with van der Waals surface area (Å²) in [6, 6.07) is 11.8. The van der Waals surface area contributed by atoms with Gasteiger partial charge < -0.3 is 11.5 Å². The van der Waals surface area contributed by atoms with Gasteiger partial charge in [0, 0.05) is 25.2 Å². The highest BCUT2D eigenvalue weighted by Crippen LogP contribution is 2.21. The first-order valence-electron chi connectivity index (χ1n) is 7.63. The first-order valence-corrected chi connectivity index (χ1v) is 7.63. The van der Waals surface area contributed by atoms with Gasteiger partial charge in [-0.1, -0.05) is 6.07 Å². The molecule has 2 rings (SSSR count). The SMILES string of the molecule is CC(=O)N(C(=O)C(=O)N(C(C)=O)c1cccc(N)c1)c1ccc(N)cc1. The van der Waals surface area contributed by atoms with Crippen LogP contribution in [0.3, 0.4) is 0 Å². The van der Waals surface area contributed by atoms with Crippen LogP contribution < -0.4 is 21.3 Å². The van der Waals surface area contributed by atoms with Crippen molar-refractivity contribution in [2.75, 3.05) is 21.3 Å². The predicted octanol–water partition coefficient (Wildman–Crippen LogP) is 1.31. The van der Waals surface area contributed by atoms with Crippen molar-refractivity contribution in [3.63, 3.8) is 0 Å². The van der Waals surface area contributed by atoms with Crippen molar-refractivity contribution in [3.8, 4) is 0 Å². The van der Waals surface area contributed by atoms with Gasteiger partial charge in [0.15, 0.2) is 0 Å². The molecule has 0 saturated carbocycles. The van der Waals surface area contributed by atoms with Gasteiger partial charge in [-0.2, -0.15) is 0 Å². The van der Waals surface area contributed by atoms with E-state index >= 15 is 0 Å². The summed E-state index contributed by atoms with van der Waals surface area (Å²) in [7, 11) is 0. The second kappa shape index (κ2) is 7.47. The highest BCUT2D eigenvalue weighted by atomic mass is 16.2. The Labute approximate surface area is 150 Å². The molecule has 0 unspecified atom stereocenters. The lowest BCUT2D eigenvalue weighted by Gasteiger charge is -2.23. The highest BCUT2D eigenvalue weighted by molar-refractivity contribution is 6.52. The van der Waals surface area contributed by atoms with Crippen molar-refractivity contribution in [1.29, 1.82) is 0 Å². The first kappa shape index (κ1) is 18.7. The quantitative estimate of drug-likeness (QED) is 0.618. The molecule has 4 amide bonds. The molecule has 26 heavy (non-hydrogen) atoms. The van der Waals surface area contributed by atoms with Crippen LogP contribution in [0.15, 0.2) is 48.5 Å². The minimum Gasteiger partial charge on any atom is -0.399 e. The summed E-state index contributed by atoms with van der Waals surface area (Å²) < 4.78 is 0. The number of amides is 4. The lowest BCUT2D eigenvalue weighted by molar-refractivity contribution is -0.139. The Morgan fingerprint density at radius 2 is 1.19 bits per heavy atom. The Bertz CT molecular complexity index is 877. The molecule has 0 aliphatic heterocycles. The van der Waals surface area contributed by atoms with E-state index in [1.807, 2.05) is 0 Å². The Morgan fingerprint density at radius 3 is 1.65 bits per heavy atom. The smallest absolute Gasteiger partial charge is 0.324 e. The zero-order chi connectivity index (χ0) is 19.4. The van der Waals surface area contributed by atoms with Crippen LogP contribution in [0, 0.1) is 0 Å². The minimum absolute atomic E-state index is 0.136. The van der Waals surface area contributed by atoms with Crippen molar-refractivity contribution in [2.24, 2.45) is 0 Å². The van der Waals surface area contributed by atoms with Gasteiger partial charge in [0.05, 0.1) is 11.4 Å². The van der Waals surface area contributed by atoms with Gasteiger partial charge in [0.2, 0.25) is 11.8 Å². The zero-order valence-electron chi connectivity index (χ0n) is 14.3. The Hall–Kier alpha value is -3.68. The van der Waals surface area contributed by atoms with E-state index in [1.54, 1.807) is 12.1 Å². The molecule has 0 radical (unpaired) electrons. The Kier molecular flexibility index (Phi) is 5.36. The Morgan fingerprint density at radius 1 is 0.692 bits per heavy atom. The molecule has 0 aromatic heterocycles. The van der Waals surface area contributed by atoms with Crippen LogP contribution in [0.1, 0.15) is 13.8 Å². The molecule has 8 nitrogen and oxygen atoms in total. The molecule has 2 aromatic carbocycles. The molecule has 0 saturated heterocycles. The third-order valence-corrected chi connectivity index (χ3v) is 3.50. The van der Waals surface area contributed by atoms with Crippen LogP contribution in [0.5, 0.6) is 0 Å². The van der Waals surface area contributed by atoms with Gasteiger partial charge in [-0.3, -0.25) is 19.2 Å². The first-order chi connectivity index (χ1) is 12.2. The van der Waals surface area contributed by atoms with Crippen LogP contribution in [0.2, 0.25) is 0 Å². The third-order valence-electron chi connectivity index (χ3n) is 3.50. The minimum atomic E-state index is -1.17. The summed E-state index contributed by atoms with van der Waals surface area (Å²) in [5.74, 6) is -3.70. The molecule has 0 aliphatic carbocycles. The van der Waals surface area contributed by atoms with Crippen LogP contribution in [-0.4, -0.2) is 23.6 Å². The normalized spacial score (nSPS) is 10.1. The molecule has 0 aliphatic rings. The van der Waals surface area contributed by atoms with E-state index in [2.05, 4.69) is 0 Å². The lowest BCUT2D eigenvalue weighted by atomic mass is 10.2. The van der Waals surface area contributed by atoms with Gasteiger partial charge in [-0.25, -0.2) is 9.80 Å². The van der Waals surface area contributed by atoms with E-state index in [0.29, 0.717) is 21.2 Å². The van der Waals surface area contributed by atoms with Crippen molar-refractivity contribution in [2.45, 2.75) is 13.8 Å². The lowest BCUT2D eigenvalue weighted by Crippen LogP contribution is -2.49. The van der Waals surface area contributed by atoms with Crippen molar-refractivity contribution in [3.05, 3.63) is 48.5 Å². The maximum atomic E-state index is 12.7. The van der Waals surface area contributed by atoms with Crippen molar-refractivity contribution in [1.82, 2.24) is 0 Å². The average molecular weight is 354 g/mol. The molecule has 4 N–H and O–H groups in total. The molecular weight excluding hydrogens is 336 g/mol. The van der Waals surface area contributed by atoms with E-state index in [1.165, 1.54) is 36.4 Å². The number of nitrogens with two attached hydrogens (primary N) is 2. The molecule has 0 spiro atoms. The number of imide groups is 2. The van der Waals surface area contributed by atoms with Gasteiger partial charge in [-0.15, -0.1) is 0 Å². The number of nitrogen functional groups attached to an aromatic ring is 2. The number of rotatable bonds is 2. The summed E-state index contributed by atoms with van der Waals surface area (Å²) >= 11 is 0. The molecule has 0 heterocycles. The standard InChI is InChI=1S/C18H18N4O4/c1-11(23)21(15-8-6-13(19)7-9-15)17(25)18(26)22(12(2)24)16-5-3-4-14(20)10-16/h3-10H,19-20H2,1-2H3. The van der Waals surface area contributed by atoms with Gasteiger partial charge in [-0.05, 0) is 42.5 Å². The maximum absolute atomic E-state index is 12.7. The fourth-order valence-electron chi connectivity index (χ4n) is 2.36. The zero-order valence-corrected chi connectivity index (χ0v) is 14.3. The number of anilines is 4. The fraction of sp³-hybridized carbons (Fsp3) is 0.111. The summed E-state index contributed by atoms with van der Waals surface area (Å²) in [5.41, 5.74) is 12.3. The molecule has 0 bridgehead atoms.